The molecule has 0 aliphatic heterocycles. The third kappa shape index (κ3) is 2.68. The van der Waals surface area contributed by atoms with Crippen LogP contribution in [0.2, 0.25) is 0 Å². The fourth-order valence-corrected chi connectivity index (χ4v) is 2.64. The maximum atomic E-state index is 12.1. The first-order valence-electron chi connectivity index (χ1n) is 5.19. The largest absolute Gasteiger partial charge is 0.318 e. The summed E-state index contributed by atoms with van der Waals surface area (Å²) in [6.07, 6.45) is 0.729. The number of anilines is 1. The van der Waals surface area contributed by atoms with E-state index >= 15 is 0 Å². The lowest BCUT2D eigenvalue weighted by Crippen LogP contribution is -2.13. The van der Waals surface area contributed by atoms with E-state index in [1.807, 2.05) is 5.38 Å². The average molecular weight is 324 g/mol. The molecule has 0 saturated heterocycles. The lowest BCUT2D eigenvalue weighted by molar-refractivity contribution is -0.107. The van der Waals surface area contributed by atoms with Crippen molar-refractivity contribution >= 4 is 45.1 Å². The molecule has 1 amide bonds. The van der Waals surface area contributed by atoms with Crippen molar-refractivity contribution in [2.24, 2.45) is 0 Å². The number of ketones is 1. The van der Waals surface area contributed by atoms with E-state index in [0.717, 1.165) is 15.9 Å². The van der Waals surface area contributed by atoms with Crippen molar-refractivity contribution in [1.82, 2.24) is 0 Å². The molecule has 0 N–H and O–H groups in total. The number of benzene rings is 1. The molecule has 2 rings (SSSR count). The first kappa shape index (κ1) is 13.0. The van der Waals surface area contributed by atoms with Gasteiger partial charge in [0, 0.05) is 29.2 Å². The molecule has 0 atom stereocenters. The Morgan fingerprint density at radius 3 is 2.44 bits per heavy atom. The van der Waals surface area contributed by atoms with Gasteiger partial charge in [0.25, 0.3) is 0 Å². The molecule has 1 heterocycles. The van der Waals surface area contributed by atoms with Crippen molar-refractivity contribution in [2.75, 3.05) is 11.9 Å². The van der Waals surface area contributed by atoms with Gasteiger partial charge in [0.1, 0.15) is 0 Å². The monoisotopic (exact) mass is 323 g/mol. The van der Waals surface area contributed by atoms with E-state index in [1.54, 1.807) is 37.4 Å². The van der Waals surface area contributed by atoms with E-state index in [0.29, 0.717) is 11.1 Å². The van der Waals surface area contributed by atoms with Crippen LogP contribution in [0.25, 0.3) is 0 Å². The second-order valence-electron chi connectivity index (χ2n) is 3.73. The topological polar surface area (TPSA) is 37.4 Å². The van der Waals surface area contributed by atoms with Gasteiger partial charge in [0.15, 0.2) is 5.78 Å². The highest BCUT2D eigenvalue weighted by Crippen LogP contribution is 2.23. The minimum atomic E-state index is -0.0164. The summed E-state index contributed by atoms with van der Waals surface area (Å²) in [6.45, 7) is 0. The summed E-state index contributed by atoms with van der Waals surface area (Å²) in [4.78, 5) is 24.2. The third-order valence-electron chi connectivity index (χ3n) is 2.52. The Kier molecular flexibility index (Phi) is 3.93. The second-order valence-corrected chi connectivity index (χ2v) is 6.02. The number of amides is 1. The van der Waals surface area contributed by atoms with Crippen LogP contribution in [0, 0.1) is 0 Å². The summed E-state index contributed by atoms with van der Waals surface area (Å²) < 4.78 is 0.933. The molecule has 0 saturated carbocycles. The number of rotatable bonds is 4. The molecule has 18 heavy (non-hydrogen) atoms. The number of thiophene rings is 1. The molecular weight excluding hydrogens is 314 g/mol. The lowest BCUT2D eigenvalue weighted by atomic mass is 10.1. The lowest BCUT2D eigenvalue weighted by Gasteiger charge is -2.10. The van der Waals surface area contributed by atoms with Crippen LogP contribution in [0.5, 0.6) is 0 Å². The number of halogens is 1. The third-order valence-corrected chi connectivity index (χ3v) is 4.03. The predicted molar refractivity (Wildman–Crippen MR) is 76.4 cm³/mol. The van der Waals surface area contributed by atoms with Gasteiger partial charge in [-0.2, -0.15) is 0 Å². The summed E-state index contributed by atoms with van der Waals surface area (Å²) in [7, 11) is 1.67. The molecule has 0 radical (unpaired) electrons. The van der Waals surface area contributed by atoms with Crippen molar-refractivity contribution in [3.8, 4) is 0 Å². The van der Waals surface area contributed by atoms with E-state index in [1.165, 1.54) is 16.2 Å². The summed E-state index contributed by atoms with van der Waals surface area (Å²) in [5.74, 6) is -0.0164. The minimum Gasteiger partial charge on any atom is -0.318 e. The van der Waals surface area contributed by atoms with Crippen LogP contribution in [0.1, 0.15) is 15.9 Å². The summed E-state index contributed by atoms with van der Waals surface area (Å²) >= 11 is 4.81. The highest BCUT2D eigenvalue weighted by molar-refractivity contribution is 9.11. The Hall–Kier alpha value is -1.46. The Balaban J connectivity index is 2.24. The zero-order valence-electron chi connectivity index (χ0n) is 9.59. The molecule has 0 fully saturated rings. The van der Waals surface area contributed by atoms with Gasteiger partial charge in [-0.1, -0.05) is 0 Å². The van der Waals surface area contributed by atoms with Crippen LogP contribution in [-0.2, 0) is 4.79 Å². The van der Waals surface area contributed by atoms with Crippen LogP contribution in [-0.4, -0.2) is 19.2 Å². The highest BCUT2D eigenvalue weighted by Gasteiger charge is 2.11. The Bertz CT molecular complexity index is 577. The zero-order chi connectivity index (χ0) is 13.1. The van der Waals surface area contributed by atoms with Crippen LogP contribution < -0.4 is 4.90 Å². The molecule has 0 bridgehead atoms. The molecule has 2 aromatic rings. The number of hydrogen-bond donors (Lipinski definition) is 0. The smallest absolute Gasteiger partial charge is 0.213 e. The Labute approximate surface area is 117 Å². The maximum Gasteiger partial charge on any atom is 0.213 e. The molecule has 1 aromatic carbocycles. The van der Waals surface area contributed by atoms with Crippen molar-refractivity contribution in [1.29, 1.82) is 0 Å². The van der Waals surface area contributed by atoms with E-state index in [-0.39, 0.29) is 5.78 Å². The van der Waals surface area contributed by atoms with Crippen LogP contribution >= 0.6 is 27.3 Å². The van der Waals surface area contributed by atoms with Gasteiger partial charge in [-0.25, -0.2) is 0 Å². The number of hydrogen-bond acceptors (Lipinski definition) is 3. The minimum absolute atomic E-state index is 0.0164. The van der Waals surface area contributed by atoms with Gasteiger partial charge in [-0.3, -0.25) is 9.59 Å². The first-order chi connectivity index (χ1) is 8.61. The highest BCUT2D eigenvalue weighted by atomic mass is 79.9. The number of carbonyl (C=O) groups excluding carboxylic acids is 2. The molecule has 0 unspecified atom stereocenters. The molecule has 0 spiro atoms. The molecule has 5 heteroatoms. The van der Waals surface area contributed by atoms with E-state index in [4.69, 9.17) is 0 Å². The van der Waals surface area contributed by atoms with Crippen LogP contribution in [0.3, 0.4) is 0 Å². The van der Waals surface area contributed by atoms with Crippen molar-refractivity contribution < 1.29 is 9.59 Å². The van der Waals surface area contributed by atoms with Crippen molar-refractivity contribution in [2.45, 2.75) is 0 Å². The van der Waals surface area contributed by atoms with Crippen molar-refractivity contribution in [3.05, 3.63) is 50.6 Å². The maximum absolute atomic E-state index is 12.1. The average Bonchev–Trinajstić information content (AvgIpc) is 2.84. The van der Waals surface area contributed by atoms with Crippen molar-refractivity contribution in [3.63, 3.8) is 0 Å². The number of carbonyl (C=O) groups is 2. The summed E-state index contributed by atoms with van der Waals surface area (Å²) in [6, 6.07) is 8.76. The summed E-state index contributed by atoms with van der Waals surface area (Å²) in [5.41, 5.74) is 2.04. The van der Waals surface area contributed by atoms with Gasteiger partial charge in [-0.05, 0) is 46.3 Å². The predicted octanol–water partition coefficient (Wildman–Crippen LogP) is 3.33. The quantitative estimate of drug-likeness (QED) is 0.639. The Morgan fingerprint density at radius 2 is 1.94 bits per heavy atom. The molecule has 0 aliphatic carbocycles. The van der Waals surface area contributed by atoms with E-state index < -0.39 is 0 Å². The normalized spacial score (nSPS) is 10.1. The Morgan fingerprint density at radius 1 is 1.28 bits per heavy atom. The zero-order valence-corrected chi connectivity index (χ0v) is 12.0. The molecule has 3 nitrogen and oxygen atoms in total. The van der Waals surface area contributed by atoms with Gasteiger partial charge in [0.05, 0.1) is 3.79 Å². The second kappa shape index (κ2) is 5.46. The van der Waals surface area contributed by atoms with Gasteiger partial charge in [-0.15, -0.1) is 11.3 Å². The molecule has 1 aromatic heterocycles. The van der Waals surface area contributed by atoms with Gasteiger partial charge in [0.2, 0.25) is 6.41 Å². The van der Waals surface area contributed by atoms with E-state index in [2.05, 4.69) is 15.9 Å². The van der Waals surface area contributed by atoms with Crippen LogP contribution in [0.4, 0.5) is 5.69 Å². The summed E-state index contributed by atoms with van der Waals surface area (Å²) in [5, 5.41) is 1.82. The standard InChI is InChI=1S/C13H10BrNO2S/c1-15(8-16)11-4-2-9(3-5-11)13(17)10-6-12(14)18-7-10/h2-8H,1H3. The fraction of sp³-hybridized carbons (Fsp3) is 0.0769. The van der Waals surface area contributed by atoms with Crippen LogP contribution in [0.15, 0.2) is 39.5 Å². The van der Waals surface area contributed by atoms with Gasteiger partial charge < -0.3 is 4.90 Å². The first-order valence-corrected chi connectivity index (χ1v) is 6.86. The molecule has 0 aliphatic rings. The molecular formula is C13H10BrNO2S. The molecule has 92 valence electrons. The number of nitrogens with zero attached hydrogens (tertiary/aromatic N) is 1. The van der Waals surface area contributed by atoms with Gasteiger partial charge >= 0.3 is 0 Å². The fourth-order valence-electron chi connectivity index (χ4n) is 1.50. The SMILES string of the molecule is CN(C=O)c1ccc(C(=O)c2csc(Br)c2)cc1. The van der Waals surface area contributed by atoms with E-state index in [9.17, 15) is 9.59 Å².